The molecule has 1 atom stereocenters. The van der Waals surface area contributed by atoms with E-state index >= 15 is 0 Å². The van der Waals surface area contributed by atoms with Gasteiger partial charge in [0.05, 0.1) is 18.5 Å². The van der Waals surface area contributed by atoms with Gasteiger partial charge in [-0.1, -0.05) is 0 Å². The Balaban J connectivity index is 2.24. The molecule has 0 spiro atoms. The highest BCUT2D eigenvalue weighted by molar-refractivity contribution is 5.88. The number of carboxylic acid groups (broad SMARTS) is 1. The quantitative estimate of drug-likeness (QED) is 0.761. The molecule has 2 heterocycles. The van der Waals surface area contributed by atoms with Gasteiger partial charge in [0.1, 0.15) is 11.7 Å². The number of carbonyl (C=O) groups is 1. The average Bonchev–Trinajstić information content (AvgIpc) is 2.69. The Hall–Kier alpha value is -1.40. The first-order valence-electron chi connectivity index (χ1n) is 4.58. The molecule has 0 aliphatic carbocycles. The van der Waals surface area contributed by atoms with Gasteiger partial charge in [-0.15, -0.1) is 0 Å². The maximum absolute atomic E-state index is 10.8. The van der Waals surface area contributed by atoms with Crippen molar-refractivity contribution in [1.82, 2.24) is 10.2 Å². The summed E-state index contributed by atoms with van der Waals surface area (Å²) < 4.78 is 10.9. The fourth-order valence-corrected chi connectivity index (χ4v) is 1.54. The molecule has 2 N–H and O–H groups in total. The molecule has 0 saturated carbocycles. The number of nitrogens with zero attached hydrogens (tertiary/aromatic N) is 1. The molecule has 6 nitrogen and oxygen atoms in total. The molecule has 82 valence electrons. The number of rotatable bonds is 2. The van der Waals surface area contributed by atoms with Crippen molar-refractivity contribution < 1.29 is 19.4 Å². The maximum Gasteiger partial charge on any atom is 0.339 e. The number of aromatic nitrogens is 2. The standard InChI is InChI=1S/C9H12N2O4/c1-9(2)14-4-6(15-9)7-5(8(12)13)3-10-11-7/h3,6H,4H2,1-2H3,(H,10,11)(H,12,13). The van der Waals surface area contributed by atoms with E-state index in [1.54, 1.807) is 13.8 Å². The van der Waals surface area contributed by atoms with E-state index in [1.807, 2.05) is 0 Å². The lowest BCUT2D eigenvalue weighted by atomic mass is 10.2. The molecule has 1 aliphatic rings. The molecule has 2 rings (SSSR count). The minimum absolute atomic E-state index is 0.126. The number of H-pyrrole nitrogens is 1. The maximum atomic E-state index is 10.8. The molecule has 1 unspecified atom stereocenters. The van der Waals surface area contributed by atoms with E-state index < -0.39 is 17.9 Å². The van der Waals surface area contributed by atoms with Gasteiger partial charge >= 0.3 is 5.97 Å². The van der Waals surface area contributed by atoms with Crippen molar-refractivity contribution in [1.29, 1.82) is 0 Å². The Morgan fingerprint density at radius 3 is 3.00 bits per heavy atom. The lowest BCUT2D eigenvalue weighted by Crippen LogP contribution is -2.20. The van der Waals surface area contributed by atoms with Crippen LogP contribution in [0.5, 0.6) is 0 Å². The zero-order valence-electron chi connectivity index (χ0n) is 8.48. The van der Waals surface area contributed by atoms with Gasteiger partial charge in [-0.05, 0) is 13.8 Å². The fraction of sp³-hybridized carbons (Fsp3) is 0.556. The van der Waals surface area contributed by atoms with E-state index in [2.05, 4.69) is 10.2 Å². The van der Waals surface area contributed by atoms with Crippen molar-refractivity contribution in [2.45, 2.75) is 25.7 Å². The number of hydrogen-bond donors (Lipinski definition) is 2. The fourth-order valence-electron chi connectivity index (χ4n) is 1.54. The van der Waals surface area contributed by atoms with Crippen LogP contribution in [0.2, 0.25) is 0 Å². The molecule has 1 saturated heterocycles. The Morgan fingerprint density at radius 1 is 1.73 bits per heavy atom. The molecule has 1 aliphatic heterocycles. The van der Waals surface area contributed by atoms with E-state index in [0.717, 1.165) is 0 Å². The van der Waals surface area contributed by atoms with Gasteiger partial charge in [-0.3, -0.25) is 5.10 Å². The predicted molar refractivity (Wildman–Crippen MR) is 49.4 cm³/mol. The normalized spacial score (nSPS) is 24.3. The molecular weight excluding hydrogens is 200 g/mol. The third kappa shape index (κ3) is 1.86. The van der Waals surface area contributed by atoms with E-state index in [0.29, 0.717) is 12.3 Å². The first-order valence-corrected chi connectivity index (χ1v) is 4.58. The molecule has 6 heteroatoms. The first kappa shape index (κ1) is 10.1. The van der Waals surface area contributed by atoms with Crippen molar-refractivity contribution in [3.05, 3.63) is 17.5 Å². The summed E-state index contributed by atoms with van der Waals surface area (Å²) in [6, 6.07) is 0. The topological polar surface area (TPSA) is 84.4 Å². The summed E-state index contributed by atoms with van der Waals surface area (Å²) in [7, 11) is 0. The second-order valence-corrected chi connectivity index (χ2v) is 3.82. The lowest BCUT2D eigenvalue weighted by molar-refractivity contribution is -0.139. The number of aromatic amines is 1. The van der Waals surface area contributed by atoms with Gasteiger partial charge in [0.25, 0.3) is 0 Å². The Labute approximate surface area is 86.2 Å². The lowest BCUT2D eigenvalue weighted by Gasteiger charge is -2.16. The third-order valence-electron chi connectivity index (χ3n) is 2.23. The summed E-state index contributed by atoms with van der Waals surface area (Å²) in [4.78, 5) is 10.8. The van der Waals surface area contributed by atoms with Crippen LogP contribution in [0, 0.1) is 0 Å². The van der Waals surface area contributed by atoms with Crippen molar-refractivity contribution in [2.75, 3.05) is 6.61 Å². The van der Waals surface area contributed by atoms with Crippen LogP contribution in [0.15, 0.2) is 6.20 Å². The van der Waals surface area contributed by atoms with Crippen LogP contribution in [-0.4, -0.2) is 33.7 Å². The second-order valence-electron chi connectivity index (χ2n) is 3.82. The number of nitrogens with one attached hydrogen (secondary N) is 1. The SMILES string of the molecule is CC1(C)OCC(c2[nH]ncc2C(=O)O)O1. The molecule has 0 bridgehead atoms. The van der Waals surface area contributed by atoms with Gasteiger partial charge in [-0.2, -0.15) is 5.10 Å². The zero-order valence-corrected chi connectivity index (χ0v) is 8.48. The summed E-state index contributed by atoms with van der Waals surface area (Å²) in [5, 5.41) is 15.2. The summed E-state index contributed by atoms with van der Waals surface area (Å²) in [5.74, 6) is -1.70. The van der Waals surface area contributed by atoms with Crippen LogP contribution in [0.3, 0.4) is 0 Å². The molecule has 15 heavy (non-hydrogen) atoms. The Kier molecular flexibility index (Phi) is 2.24. The average molecular weight is 212 g/mol. The highest BCUT2D eigenvalue weighted by atomic mass is 16.7. The van der Waals surface area contributed by atoms with E-state index in [-0.39, 0.29) is 5.56 Å². The van der Waals surface area contributed by atoms with Gasteiger partial charge < -0.3 is 14.6 Å². The van der Waals surface area contributed by atoms with Gasteiger partial charge in [0.2, 0.25) is 0 Å². The minimum atomic E-state index is -1.02. The summed E-state index contributed by atoms with van der Waals surface area (Å²) >= 11 is 0. The van der Waals surface area contributed by atoms with E-state index in [4.69, 9.17) is 14.6 Å². The summed E-state index contributed by atoms with van der Waals surface area (Å²) in [6.45, 7) is 3.89. The Morgan fingerprint density at radius 2 is 2.47 bits per heavy atom. The van der Waals surface area contributed by atoms with Gasteiger partial charge in [-0.25, -0.2) is 4.79 Å². The highest BCUT2D eigenvalue weighted by Crippen LogP contribution is 2.33. The van der Waals surface area contributed by atoms with Crippen molar-refractivity contribution in [3.8, 4) is 0 Å². The van der Waals surface area contributed by atoms with Crippen LogP contribution in [0.25, 0.3) is 0 Å². The predicted octanol–water partition coefficient (Wildman–Crippen LogP) is 0.932. The second kappa shape index (κ2) is 3.32. The van der Waals surface area contributed by atoms with Crippen molar-refractivity contribution in [3.63, 3.8) is 0 Å². The third-order valence-corrected chi connectivity index (χ3v) is 2.23. The number of aromatic carboxylic acids is 1. The van der Waals surface area contributed by atoms with Crippen LogP contribution in [0.1, 0.15) is 36.0 Å². The molecule has 1 aromatic rings. The van der Waals surface area contributed by atoms with Gasteiger partial charge in [0.15, 0.2) is 5.79 Å². The smallest absolute Gasteiger partial charge is 0.339 e. The number of carboxylic acids is 1. The van der Waals surface area contributed by atoms with Crippen LogP contribution < -0.4 is 0 Å². The van der Waals surface area contributed by atoms with Crippen LogP contribution in [-0.2, 0) is 9.47 Å². The van der Waals surface area contributed by atoms with Gasteiger partial charge in [0, 0.05) is 0 Å². The molecule has 0 amide bonds. The minimum Gasteiger partial charge on any atom is -0.478 e. The molecule has 0 aromatic carbocycles. The van der Waals surface area contributed by atoms with E-state index in [9.17, 15) is 4.79 Å². The molecule has 1 aromatic heterocycles. The monoisotopic (exact) mass is 212 g/mol. The first-order chi connectivity index (χ1) is 6.99. The van der Waals surface area contributed by atoms with Crippen molar-refractivity contribution >= 4 is 5.97 Å². The largest absolute Gasteiger partial charge is 0.478 e. The van der Waals surface area contributed by atoms with Crippen molar-refractivity contribution in [2.24, 2.45) is 0 Å². The molecular formula is C9H12N2O4. The highest BCUT2D eigenvalue weighted by Gasteiger charge is 2.36. The number of hydrogen-bond acceptors (Lipinski definition) is 4. The number of ether oxygens (including phenoxy) is 2. The molecule has 0 radical (unpaired) electrons. The van der Waals surface area contributed by atoms with Crippen LogP contribution in [0.4, 0.5) is 0 Å². The Bertz CT molecular complexity index is 385. The van der Waals surface area contributed by atoms with E-state index in [1.165, 1.54) is 6.20 Å². The summed E-state index contributed by atoms with van der Waals surface area (Å²) in [6.07, 6.45) is 0.875. The van der Waals surface area contributed by atoms with Crippen LogP contribution >= 0.6 is 0 Å². The summed E-state index contributed by atoms with van der Waals surface area (Å²) in [5.41, 5.74) is 0.578. The zero-order chi connectivity index (χ0) is 11.1. The molecule has 1 fully saturated rings.